The number of pyridine rings is 1. The fourth-order valence-electron chi connectivity index (χ4n) is 2.30. The Labute approximate surface area is 138 Å². The van der Waals surface area contributed by atoms with E-state index in [0.717, 1.165) is 9.60 Å². The lowest BCUT2D eigenvalue weighted by molar-refractivity contribution is -0.159. The van der Waals surface area contributed by atoms with E-state index < -0.39 is 36.4 Å². The van der Waals surface area contributed by atoms with Crippen LogP contribution in [0, 0.1) is 0 Å². The number of rotatable bonds is 4. The number of aliphatic hydroxyl groups is 3. The highest BCUT2D eigenvalue weighted by atomic mass is 32.2. The molecule has 23 heavy (non-hydrogen) atoms. The van der Waals surface area contributed by atoms with Crippen LogP contribution in [0.15, 0.2) is 27.8 Å². The van der Waals surface area contributed by atoms with Gasteiger partial charge in [0.05, 0.1) is 29.0 Å². The predicted molar refractivity (Wildman–Crippen MR) is 84.0 cm³/mol. The normalized spacial score (nSPS) is 31.0. The second-order valence-electron chi connectivity index (χ2n) is 4.87. The Morgan fingerprint density at radius 2 is 2.22 bits per heavy atom. The molecule has 3 rings (SSSR count). The number of aliphatic hydroxyl groups excluding tert-OH is 3. The number of hydrogen-bond acceptors (Lipinski definition) is 9. The van der Waals surface area contributed by atoms with Crippen molar-refractivity contribution >= 4 is 33.4 Å². The zero-order valence-corrected chi connectivity index (χ0v) is 13.3. The Morgan fingerprint density at radius 1 is 1.39 bits per heavy atom. The maximum Gasteiger partial charge on any atom is 0.170 e. The van der Waals surface area contributed by atoms with Gasteiger partial charge < -0.3 is 20.1 Å². The van der Waals surface area contributed by atoms with Crippen LogP contribution in [0.1, 0.15) is 0 Å². The van der Waals surface area contributed by atoms with Crippen molar-refractivity contribution < 1.29 is 20.1 Å². The lowest BCUT2D eigenvalue weighted by Gasteiger charge is -2.40. The molecule has 0 aliphatic carbocycles. The molecule has 11 heteroatoms. The minimum atomic E-state index is -1.27. The first kappa shape index (κ1) is 16.4. The van der Waals surface area contributed by atoms with Crippen LogP contribution in [0.25, 0.3) is 20.8 Å². The van der Waals surface area contributed by atoms with Crippen LogP contribution in [-0.2, 0) is 4.74 Å². The van der Waals surface area contributed by atoms with Crippen molar-refractivity contribution in [3.63, 3.8) is 0 Å². The quantitative estimate of drug-likeness (QED) is 0.420. The third-order valence-corrected chi connectivity index (χ3v) is 5.33. The van der Waals surface area contributed by atoms with E-state index in [1.807, 2.05) is 6.07 Å². The highest BCUT2D eigenvalue weighted by Gasteiger charge is 2.44. The Kier molecular flexibility index (Phi) is 4.97. The molecule has 122 valence electrons. The molecular weight excluding hydrogens is 342 g/mol. The smallest absolute Gasteiger partial charge is 0.170 e. The number of thiazole rings is 1. The Morgan fingerprint density at radius 3 is 2.96 bits per heavy atom. The Hall–Kier alpha value is -1.46. The summed E-state index contributed by atoms with van der Waals surface area (Å²) in [6.45, 7) is -0.450. The molecule has 0 spiro atoms. The molecule has 1 fully saturated rings. The van der Waals surface area contributed by atoms with Crippen LogP contribution in [0.5, 0.6) is 0 Å². The topological polar surface area (TPSA) is 144 Å². The van der Waals surface area contributed by atoms with E-state index in [0.29, 0.717) is 5.65 Å². The van der Waals surface area contributed by atoms with E-state index in [4.69, 9.17) is 10.3 Å². The monoisotopic (exact) mass is 355 g/mol. The van der Waals surface area contributed by atoms with Crippen LogP contribution in [0.4, 0.5) is 0 Å². The first-order chi connectivity index (χ1) is 11.1. The van der Waals surface area contributed by atoms with Gasteiger partial charge in [0.1, 0.15) is 17.6 Å². The highest BCUT2D eigenvalue weighted by Crippen LogP contribution is 2.35. The highest BCUT2D eigenvalue weighted by molar-refractivity contribution is 7.99. The summed E-state index contributed by atoms with van der Waals surface area (Å²) in [5, 5.41) is 33.0. The van der Waals surface area contributed by atoms with E-state index in [2.05, 4.69) is 20.0 Å². The van der Waals surface area contributed by atoms with Gasteiger partial charge in [0.2, 0.25) is 0 Å². The third kappa shape index (κ3) is 3.26. The molecule has 1 aliphatic rings. The number of azide groups is 1. The first-order valence-corrected chi connectivity index (χ1v) is 8.42. The van der Waals surface area contributed by atoms with Gasteiger partial charge in [-0.3, -0.25) is 0 Å². The lowest BCUT2D eigenvalue weighted by Crippen LogP contribution is -2.56. The van der Waals surface area contributed by atoms with Crippen molar-refractivity contribution in [2.24, 2.45) is 5.11 Å². The van der Waals surface area contributed by atoms with Gasteiger partial charge in [-0.1, -0.05) is 16.9 Å². The summed E-state index contributed by atoms with van der Waals surface area (Å²) in [6.07, 6.45) is -1.83. The summed E-state index contributed by atoms with van der Waals surface area (Å²) in [7, 11) is 0. The average molecular weight is 355 g/mol. The number of aromatic nitrogens is 2. The van der Waals surface area contributed by atoms with Crippen molar-refractivity contribution in [3.8, 4) is 0 Å². The number of thioether (sulfide) groups is 1. The fourth-order valence-corrected chi connectivity index (χ4v) is 4.11. The van der Waals surface area contributed by atoms with Gasteiger partial charge in [-0.2, -0.15) is 0 Å². The summed E-state index contributed by atoms with van der Waals surface area (Å²) in [6, 6.07) is 0.769. The van der Waals surface area contributed by atoms with Gasteiger partial charge >= 0.3 is 0 Å². The minimum absolute atomic E-state index is 0.450. The molecule has 2 aromatic heterocycles. The second kappa shape index (κ2) is 6.97. The molecule has 0 amide bonds. The molecular formula is C12H13N5O4S2. The van der Waals surface area contributed by atoms with Gasteiger partial charge in [0.25, 0.3) is 0 Å². The molecule has 1 aliphatic heterocycles. The zero-order chi connectivity index (χ0) is 16.4. The number of fused-ring (bicyclic) bond motifs is 1. The van der Waals surface area contributed by atoms with Crippen molar-refractivity contribution in [1.82, 2.24) is 9.97 Å². The van der Waals surface area contributed by atoms with E-state index in [1.54, 1.807) is 11.7 Å². The summed E-state index contributed by atoms with van der Waals surface area (Å²) in [5.74, 6) is 0. The van der Waals surface area contributed by atoms with Gasteiger partial charge in [-0.05, 0) is 11.6 Å². The summed E-state index contributed by atoms with van der Waals surface area (Å²) < 4.78 is 6.42. The standard InChI is InChI=1S/C12H13N5O4S2/c13-17-16-8-9(19)6(3-18)21-12(10(8)20)23-5-1-7-11(14-2-5)15-4-22-7/h1-2,4,6,8-10,12,18-20H,3H2/t6?,8?,9-,10-,12+/m0/s1. The van der Waals surface area contributed by atoms with E-state index in [1.165, 1.54) is 23.1 Å². The molecule has 2 aromatic rings. The van der Waals surface area contributed by atoms with Crippen molar-refractivity contribution in [1.29, 1.82) is 0 Å². The molecule has 0 saturated carbocycles. The van der Waals surface area contributed by atoms with Gasteiger partial charge in [0, 0.05) is 16.0 Å². The molecule has 5 atom stereocenters. The van der Waals surface area contributed by atoms with Crippen molar-refractivity contribution in [2.45, 2.75) is 34.7 Å². The number of nitrogens with zero attached hydrogens (tertiary/aromatic N) is 5. The van der Waals surface area contributed by atoms with Crippen LogP contribution >= 0.6 is 23.1 Å². The largest absolute Gasteiger partial charge is 0.394 e. The Balaban J connectivity index is 1.83. The van der Waals surface area contributed by atoms with Gasteiger partial charge in [-0.15, -0.1) is 11.3 Å². The van der Waals surface area contributed by atoms with Gasteiger partial charge in [-0.25, -0.2) is 9.97 Å². The minimum Gasteiger partial charge on any atom is -0.394 e. The van der Waals surface area contributed by atoms with Crippen LogP contribution in [0.2, 0.25) is 0 Å². The number of hydrogen-bond donors (Lipinski definition) is 3. The second-order valence-corrected chi connectivity index (χ2v) is 6.92. The van der Waals surface area contributed by atoms with Crippen LogP contribution in [-0.4, -0.2) is 61.7 Å². The molecule has 1 saturated heterocycles. The average Bonchev–Trinajstić information content (AvgIpc) is 3.01. The van der Waals surface area contributed by atoms with Crippen molar-refractivity contribution in [2.75, 3.05) is 6.61 Å². The molecule has 3 heterocycles. The molecule has 2 unspecified atom stereocenters. The molecule has 0 radical (unpaired) electrons. The van der Waals surface area contributed by atoms with Crippen molar-refractivity contribution in [3.05, 3.63) is 28.2 Å². The maximum absolute atomic E-state index is 10.3. The fraction of sp³-hybridized carbons (Fsp3) is 0.500. The lowest BCUT2D eigenvalue weighted by atomic mass is 9.98. The SMILES string of the molecule is [N-]=[N+]=NC1[C@@H](O)C(CO)O[C@H](Sc2cnc3ncsc3c2)[C@H]1O. The third-order valence-electron chi connectivity index (χ3n) is 3.45. The predicted octanol–water partition coefficient (Wildman–Crippen LogP) is 0.901. The van der Waals surface area contributed by atoms with E-state index in [9.17, 15) is 15.3 Å². The molecule has 0 aromatic carbocycles. The van der Waals surface area contributed by atoms with Gasteiger partial charge in [0.15, 0.2) is 5.65 Å². The zero-order valence-electron chi connectivity index (χ0n) is 11.6. The van der Waals surface area contributed by atoms with E-state index >= 15 is 0 Å². The number of ether oxygens (including phenoxy) is 1. The Bertz CT molecular complexity index is 737. The molecule has 9 nitrogen and oxygen atoms in total. The first-order valence-electron chi connectivity index (χ1n) is 6.66. The summed E-state index contributed by atoms with van der Waals surface area (Å²) in [5.41, 5.74) is 10.1. The van der Waals surface area contributed by atoms with E-state index in [-0.39, 0.29) is 0 Å². The summed E-state index contributed by atoms with van der Waals surface area (Å²) >= 11 is 2.62. The molecule has 0 bridgehead atoms. The summed E-state index contributed by atoms with van der Waals surface area (Å²) in [4.78, 5) is 11.7. The van der Waals surface area contributed by atoms with Crippen LogP contribution in [0.3, 0.4) is 0 Å². The maximum atomic E-state index is 10.3. The molecule has 3 N–H and O–H groups in total. The van der Waals surface area contributed by atoms with Crippen LogP contribution < -0.4 is 0 Å².